The van der Waals surface area contributed by atoms with Crippen molar-refractivity contribution in [2.45, 2.75) is 0 Å². The van der Waals surface area contributed by atoms with Gasteiger partial charge in [-0.15, -0.1) is 0 Å². The van der Waals surface area contributed by atoms with Crippen molar-refractivity contribution >= 4 is 29.3 Å². The van der Waals surface area contributed by atoms with Gasteiger partial charge in [-0.25, -0.2) is 4.79 Å². The fraction of sp³-hybridized carbons (Fsp3) is 0. The maximum absolute atomic E-state index is 10.6. The molecular weight excluding hydrogens is 286 g/mol. The van der Waals surface area contributed by atoms with E-state index in [1.807, 2.05) is 0 Å². The summed E-state index contributed by atoms with van der Waals surface area (Å²) in [4.78, 5) is 20.5. The van der Waals surface area contributed by atoms with Gasteiger partial charge in [0.25, 0.3) is 5.69 Å². The van der Waals surface area contributed by atoms with E-state index in [1.54, 1.807) is 12.1 Å². The van der Waals surface area contributed by atoms with Crippen molar-refractivity contribution in [1.82, 2.24) is 0 Å². The van der Waals surface area contributed by atoms with Gasteiger partial charge in [0.05, 0.1) is 9.95 Å². The van der Waals surface area contributed by atoms with E-state index in [2.05, 4.69) is 0 Å². The Kier molecular flexibility index (Phi) is 3.86. The lowest BCUT2D eigenvalue weighted by atomic mass is 10.1. The summed E-state index contributed by atoms with van der Waals surface area (Å²) in [6, 6.07) is 7.20. The number of benzene rings is 1. The second kappa shape index (κ2) is 5.58. The van der Waals surface area contributed by atoms with Crippen LogP contribution < -0.4 is 0 Å². The molecule has 1 N–H and O–H groups in total. The van der Waals surface area contributed by atoms with Gasteiger partial charge < -0.3 is 9.52 Å². The fourth-order valence-corrected chi connectivity index (χ4v) is 1.83. The first kappa shape index (κ1) is 13.8. The number of carboxylic acids is 1. The van der Waals surface area contributed by atoms with Gasteiger partial charge in [-0.05, 0) is 24.3 Å². The van der Waals surface area contributed by atoms with Gasteiger partial charge in [0.2, 0.25) is 0 Å². The molecule has 0 saturated heterocycles. The summed E-state index contributed by atoms with van der Waals surface area (Å²) in [7, 11) is 0. The Balaban J connectivity index is 2.33. The molecule has 2 rings (SSSR count). The largest absolute Gasteiger partial charge is 0.478 e. The minimum atomic E-state index is -1.09. The van der Waals surface area contributed by atoms with E-state index < -0.39 is 10.9 Å². The zero-order valence-electron chi connectivity index (χ0n) is 9.95. The lowest BCUT2D eigenvalue weighted by Gasteiger charge is -2.00. The van der Waals surface area contributed by atoms with Crippen LogP contribution in [0.5, 0.6) is 0 Å². The van der Waals surface area contributed by atoms with Gasteiger partial charge in [-0.1, -0.05) is 11.6 Å². The molecule has 0 aliphatic carbocycles. The zero-order chi connectivity index (χ0) is 14.7. The predicted octanol–water partition coefficient (Wildman–Crippen LogP) is 3.61. The molecule has 102 valence electrons. The first-order valence-corrected chi connectivity index (χ1v) is 5.80. The molecule has 0 radical (unpaired) electrons. The monoisotopic (exact) mass is 293 g/mol. The van der Waals surface area contributed by atoms with Crippen molar-refractivity contribution in [2.24, 2.45) is 0 Å². The second-order valence-corrected chi connectivity index (χ2v) is 4.20. The van der Waals surface area contributed by atoms with Gasteiger partial charge in [-0.3, -0.25) is 10.1 Å². The molecule has 0 aliphatic rings. The van der Waals surface area contributed by atoms with Crippen LogP contribution in [0.1, 0.15) is 5.76 Å². The van der Waals surface area contributed by atoms with Crippen molar-refractivity contribution in [3.63, 3.8) is 0 Å². The molecule has 0 saturated carbocycles. The number of carbonyl (C=O) groups is 1. The lowest BCUT2D eigenvalue weighted by Crippen LogP contribution is -1.88. The van der Waals surface area contributed by atoms with Crippen molar-refractivity contribution in [3.05, 3.63) is 57.3 Å². The van der Waals surface area contributed by atoms with Gasteiger partial charge in [0.15, 0.2) is 0 Å². The molecule has 0 atom stereocenters. The van der Waals surface area contributed by atoms with Crippen molar-refractivity contribution in [3.8, 4) is 11.3 Å². The normalized spacial score (nSPS) is 10.8. The van der Waals surface area contributed by atoms with Crippen LogP contribution in [0.3, 0.4) is 0 Å². The third-order valence-electron chi connectivity index (χ3n) is 2.45. The van der Waals surface area contributed by atoms with E-state index in [0.717, 1.165) is 6.08 Å². The fourth-order valence-electron chi connectivity index (χ4n) is 1.56. The highest BCUT2D eigenvalue weighted by atomic mass is 35.5. The number of hydrogen-bond donors (Lipinski definition) is 1. The average molecular weight is 294 g/mol. The Morgan fingerprint density at radius 3 is 2.70 bits per heavy atom. The molecule has 20 heavy (non-hydrogen) atoms. The summed E-state index contributed by atoms with van der Waals surface area (Å²) in [5.74, 6) is -0.344. The Labute approximate surface area is 118 Å². The van der Waals surface area contributed by atoms with E-state index in [4.69, 9.17) is 21.1 Å². The van der Waals surface area contributed by atoms with Crippen molar-refractivity contribution in [2.75, 3.05) is 0 Å². The summed E-state index contributed by atoms with van der Waals surface area (Å²) in [5.41, 5.74) is 0.378. The first-order valence-electron chi connectivity index (χ1n) is 5.42. The number of nitro groups is 1. The summed E-state index contributed by atoms with van der Waals surface area (Å²) in [6.07, 6.45) is 2.24. The lowest BCUT2D eigenvalue weighted by molar-refractivity contribution is -0.384. The molecule has 0 fully saturated rings. The topological polar surface area (TPSA) is 93.6 Å². The Bertz CT molecular complexity index is 705. The molecule has 0 aliphatic heterocycles. The number of rotatable bonds is 4. The van der Waals surface area contributed by atoms with E-state index in [0.29, 0.717) is 17.1 Å². The van der Waals surface area contributed by atoms with Crippen LogP contribution in [0.25, 0.3) is 17.4 Å². The molecule has 2 aromatic rings. The Morgan fingerprint density at radius 2 is 2.10 bits per heavy atom. The number of furan rings is 1. The van der Waals surface area contributed by atoms with E-state index >= 15 is 0 Å². The maximum Gasteiger partial charge on any atom is 0.328 e. The standard InChI is InChI=1S/C13H8ClNO5/c14-11-7-8(15(18)19)1-4-10(11)12-5-2-9(20-12)3-6-13(16)17/h1-7H,(H,16,17)/b6-3+. The van der Waals surface area contributed by atoms with Gasteiger partial charge in [0.1, 0.15) is 11.5 Å². The second-order valence-electron chi connectivity index (χ2n) is 3.79. The molecule has 1 aromatic carbocycles. The van der Waals surface area contributed by atoms with E-state index in [1.165, 1.54) is 24.3 Å². The third kappa shape index (κ3) is 3.04. The number of carboxylic acid groups (broad SMARTS) is 1. The SMILES string of the molecule is O=C(O)/C=C/c1ccc(-c2ccc([N+](=O)[O-])cc2Cl)o1. The predicted molar refractivity (Wildman–Crippen MR) is 72.5 cm³/mol. The third-order valence-corrected chi connectivity index (χ3v) is 2.76. The molecule has 0 amide bonds. The highest BCUT2D eigenvalue weighted by Crippen LogP contribution is 2.32. The number of nitrogens with zero attached hydrogens (tertiary/aromatic N) is 1. The number of halogens is 1. The molecule has 1 heterocycles. The van der Waals surface area contributed by atoms with Crippen LogP contribution >= 0.6 is 11.6 Å². The number of nitro benzene ring substituents is 1. The summed E-state index contributed by atoms with van der Waals surface area (Å²) in [5, 5.41) is 19.3. The minimum Gasteiger partial charge on any atom is -0.478 e. The Morgan fingerprint density at radius 1 is 1.35 bits per heavy atom. The van der Waals surface area contributed by atoms with Gasteiger partial charge in [-0.2, -0.15) is 0 Å². The quantitative estimate of drug-likeness (QED) is 0.528. The first-order chi connectivity index (χ1) is 9.47. The molecular formula is C13H8ClNO5. The van der Waals surface area contributed by atoms with Crippen LogP contribution in [-0.4, -0.2) is 16.0 Å². The molecule has 1 aromatic heterocycles. The maximum atomic E-state index is 10.6. The van der Waals surface area contributed by atoms with Crippen LogP contribution in [0.4, 0.5) is 5.69 Å². The van der Waals surface area contributed by atoms with Gasteiger partial charge in [0, 0.05) is 23.8 Å². The summed E-state index contributed by atoms with van der Waals surface area (Å²) in [6.45, 7) is 0. The molecule has 0 unspecified atom stereocenters. The summed E-state index contributed by atoms with van der Waals surface area (Å²) < 4.78 is 5.40. The molecule has 0 spiro atoms. The Hall–Kier alpha value is -2.60. The van der Waals surface area contributed by atoms with Gasteiger partial charge >= 0.3 is 5.97 Å². The van der Waals surface area contributed by atoms with Crippen molar-refractivity contribution < 1.29 is 19.2 Å². The van der Waals surface area contributed by atoms with Crippen LogP contribution in [0.2, 0.25) is 5.02 Å². The highest BCUT2D eigenvalue weighted by molar-refractivity contribution is 6.33. The number of aliphatic carboxylic acids is 1. The minimum absolute atomic E-state index is 0.115. The van der Waals surface area contributed by atoms with Crippen LogP contribution in [-0.2, 0) is 4.79 Å². The van der Waals surface area contributed by atoms with Crippen molar-refractivity contribution in [1.29, 1.82) is 0 Å². The average Bonchev–Trinajstić information content (AvgIpc) is 2.84. The number of hydrogen-bond acceptors (Lipinski definition) is 4. The smallest absolute Gasteiger partial charge is 0.328 e. The van der Waals surface area contributed by atoms with E-state index in [9.17, 15) is 14.9 Å². The highest BCUT2D eigenvalue weighted by Gasteiger charge is 2.13. The zero-order valence-corrected chi connectivity index (χ0v) is 10.7. The van der Waals surface area contributed by atoms with E-state index in [-0.39, 0.29) is 10.7 Å². The molecule has 6 nitrogen and oxygen atoms in total. The number of non-ortho nitro benzene ring substituents is 1. The molecule has 0 bridgehead atoms. The summed E-state index contributed by atoms with van der Waals surface area (Å²) >= 11 is 5.97. The molecule has 7 heteroatoms. The van der Waals surface area contributed by atoms with Crippen LogP contribution in [0.15, 0.2) is 40.8 Å². The van der Waals surface area contributed by atoms with Crippen LogP contribution in [0, 0.1) is 10.1 Å².